The van der Waals surface area contributed by atoms with Gasteiger partial charge in [0.1, 0.15) is 15.4 Å². The van der Waals surface area contributed by atoms with E-state index in [9.17, 15) is 0 Å². The Balaban J connectivity index is 1.32. The lowest BCUT2D eigenvalue weighted by Crippen LogP contribution is -2.50. The van der Waals surface area contributed by atoms with Crippen LogP contribution < -0.4 is 0 Å². The molecule has 0 aromatic heterocycles. The van der Waals surface area contributed by atoms with Crippen LogP contribution in [0, 0.1) is 5.92 Å². The van der Waals surface area contributed by atoms with Crippen molar-refractivity contribution in [3.8, 4) is 0 Å². The third kappa shape index (κ3) is 5.64. The van der Waals surface area contributed by atoms with Gasteiger partial charge < -0.3 is 18.9 Å². The molecule has 178 valence electrons. The van der Waals surface area contributed by atoms with Crippen molar-refractivity contribution in [1.82, 2.24) is 0 Å². The van der Waals surface area contributed by atoms with Gasteiger partial charge in [0.25, 0.3) is 0 Å². The minimum atomic E-state index is -0.316. The number of ether oxygens (including phenoxy) is 4. The van der Waals surface area contributed by atoms with Gasteiger partial charge in [0.05, 0.1) is 38.6 Å². The summed E-state index contributed by atoms with van der Waals surface area (Å²) in [4.78, 5) is 0. The second-order valence-electron chi connectivity index (χ2n) is 8.82. The first-order valence-electron chi connectivity index (χ1n) is 11.6. The summed E-state index contributed by atoms with van der Waals surface area (Å²) in [6.07, 6.45) is -0.661. The lowest BCUT2D eigenvalue weighted by Gasteiger charge is -2.37. The zero-order valence-electron chi connectivity index (χ0n) is 18.8. The minimum absolute atomic E-state index is 0.00447. The lowest BCUT2D eigenvalue weighted by molar-refractivity contribution is -0.201. The fraction of sp³-hybridized carbons (Fsp3) is 0.357. The van der Waals surface area contributed by atoms with Crippen molar-refractivity contribution in [2.45, 2.75) is 47.5 Å². The Kier molecular flexibility index (Phi) is 7.83. The Morgan fingerprint density at radius 1 is 0.647 bits per heavy atom. The van der Waals surface area contributed by atoms with Crippen LogP contribution in [0.2, 0.25) is 0 Å². The maximum Gasteiger partial charge on any atom is 0.115 e. The normalized spacial score (nSPS) is 27.2. The summed E-state index contributed by atoms with van der Waals surface area (Å²) in [6.45, 7) is 1.97. The molecule has 1 heterocycles. The average Bonchev–Trinajstić information content (AvgIpc) is 3.43. The molecule has 0 bridgehead atoms. The molecule has 2 fully saturated rings. The highest BCUT2D eigenvalue weighted by molar-refractivity contribution is 9.25. The van der Waals surface area contributed by atoms with E-state index in [1.54, 1.807) is 0 Å². The van der Waals surface area contributed by atoms with E-state index in [0.717, 1.165) is 16.7 Å². The van der Waals surface area contributed by atoms with E-state index in [-0.39, 0.29) is 33.6 Å². The third-order valence-corrected chi connectivity index (χ3v) is 8.33. The van der Waals surface area contributed by atoms with Crippen LogP contribution in [0.4, 0.5) is 0 Å². The predicted octanol–water partition coefficient (Wildman–Crippen LogP) is 6.26. The monoisotopic (exact) mass is 586 g/mol. The van der Waals surface area contributed by atoms with E-state index in [1.807, 2.05) is 54.6 Å². The number of rotatable bonds is 10. The molecule has 5 rings (SSSR count). The molecule has 1 saturated heterocycles. The topological polar surface area (TPSA) is 36.9 Å². The highest BCUT2D eigenvalue weighted by Gasteiger charge is 2.72. The Labute approximate surface area is 217 Å². The molecule has 4 nitrogen and oxygen atoms in total. The van der Waals surface area contributed by atoms with Gasteiger partial charge in [0.2, 0.25) is 0 Å². The molecule has 1 aliphatic carbocycles. The smallest absolute Gasteiger partial charge is 0.115 e. The molecule has 2 aliphatic rings. The van der Waals surface area contributed by atoms with Gasteiger partial charge in [0.15, 0.2) is 0 Å². The first-order chi connectivity index (χ1) is 16.6. The van der Waals surface area contributed by atoms with E-state index in [4.69, 9.17) is 18.9 Å². The van der Waals surface area contributed by atoms with Crippen molar-refractivity contribution in [2.24, 2.45) is 5.92 Å². The summed E-state index contributed by atoms with van der Waals surface area (Å²) >= 11 is 7.63. The van der Waals surface area contributed by atoms with Gasteiger partial charge in [-0.2, -0.15) is 0 Å². The standard InChI is InChI=1S/C28H28Br2O4/c29-28(30)24-26(33-18-22-14-8-3-9-15-22)25(32-17-21-12-6-2-7-13-21)23(34-27(24)28)19-31-16-20-10-4-1-5-11-20/h1-15,23-27H,16-19H2/t23-,24-,25-,26-,27+/m1/s1. The Bertz CT molecular complexity index is 1030. The molecular formula is C28H28Br2O4. The Morgan fingerprint density at radius 3 is 1.65 bits per heavy atom. The summed E-state index contributed by atoms with van der Waals surface area (Å²) in [6, 6.07) is 30.6. The van der Waals surface area contributed by atoms with Crippen molar-refractivity contribution in [3.05, 3.63) is 108 Å². The summed E-state index contributed by atoms with van der Waals surface area (Å²) in [5.74, 6) is 0.141. The van der Waals surface area contributed by atoms with Gasteiger partial charge in [-0.05, 0) is 16.7 Å². The molecule has 0 radical (unpaired) electrons. The molecule has 3 aromatic carbocycles. The summed E-state index contributed by atoms with van der Waals surface area (Å²) in [5, 5.41) is 0. The van der Waals surface area contributed by atoms with Gasteiger partial charge in [-0.1, -0.05) is 123 Å². The largest absolute Gasteiger partial charge is 0.374 e. The van der Waals surface area contributed by atoms with E-state index in [1.165, 1.54) is 0 Å². The number of benzene rings is 3. The zero-order valence-corrected chi connectivity index (χ0v) is 21.9. The quantitative estimate of drug-likeness (QED) is 0.262. The summed E-state index contributed by atoms with van der Waals surface area (Å²) < 4.78 is 25.3. The third-order valence-electron chi connectivity index (χ3n) is 6.37. The van der Waals surface area contributed by atoms with Crippen LogP contribution in [0.5, 0.6) is 0 Å². The average molecular weight is 588 g/mol. The molecule has 5 atom stereocenters. The maximum absolute atomic E-state index is 6.53. The predicted molar refractivity (Wildman–Crippen MR) is 139 cm³/mol. The Morgan fingerprint density at radius 2 is 1.12 bits per heavy atom. The summed E-state index contributed by atoms with van der Waals surface area (Å²) in [5.41, 5.74) is 3.39. The first-order valence-corrected chi connectivity index (χ1v) is 13.2. The van der Waals surface area contributed by atoms with Gasteiger partial charge in [-0.15, -0.1) is 0 Å². The number of halogens is 2. The van der Waals surface area contributed by atoms with Crippen molar-refractivity contribution in [3.63, 3.8) is 0 Å². The Hall–Kier alpha value is -1.54. The van der Waals surface area contributed by atoms with Crippen molar-refractivity contribution < 1.29 is 18.9 Å². The summed E-state index contributed by atoms with van der Waals surface area (Å²) in [7, 11) is 0. The lowest BCUT2D eigenvalue weighted by atomic mass is 10.0. The highest BCUT2D eigenvalue weighted by atomic mass is 79.9. The van der Waals surface area contributed by atoms with Gasteiger partial charge in [-0.3, -0.25) is 0 Å². The number of hydrogen-bond donors (Lipinski definition) is 0. The zero-order chi connectivity index (χ0) is 23.4. The van der Waals surface area contributed by atoms with Crippen LogP contribution in [0.3, 0.4) is 0 Å². The maximum atomic E-state index is 6.53. The van der Waals surface area contributed by atoms with E-state index in [2.05, 4.69) is 68.3 Å². The highest BCUT2D eigenvalue weighted by Crippen LogP contribution is 2.63. The molecule has 0 unspecified atom stereocenters. The molecule has 1 saturated carbocycles. The fourth-order valence-corrected chi connectivity index (χ4v) is 6.03. The second-order valence-corrected chi connectivity index (χ2v) is 12.5. The van der Waals surface area contributed by atoms with Gasteiger partial charge in [0, 0.05) is 5.92 Å². The van der Waals surface area contributed by atoms with Crippen molar-refractivity contribution in [1.29, 1.82) is 0 Å². The second kappa shape index (κ2) is 11.0. The minimum Gasteiger partial charge on any atom is -0.374 e. The van der Waals surface area contributed by atoms with E-state index in [0.29, 0.717) is 26.4 Å². The van der Waals surface area contributed by atoms with Crippen LogP contribution >= 0.6 is 31.9 Å². The van der Waals surface area contributed by atoms with Crippen LogP contribution in [0.15, 0.2) is 91.0 Å². The van der Waals surface area contributed by atoms with Gasteiger partial charge in [-0.25, -0.2) is 0 Å². The van der Waals surface area contributed by atoms with Crippen LogP contribution in [0.25, 0.3) is 0 Å². The molecule has 6 heteroatoms. The molecule has 3 aromatic rings. The molecule has 1 aliphatic heterocycles. The number of fused-ring (bicyclic) bond motifs is 1. The van der Waals surface area contributed by atoms with Crippen LogP contribution in [-0.2, 0) is 38.8 Å². The first kappa shape index (κ1) is 24.2. The SMILES string of the molecule is BrC1(Br)[C@@H]2[C@@H](OCc3ccccc3)[C@H](OCc3ccccc3)[C@@H](COCc3ccccc3)O[C@@H]21. The number of alkyl halides is 2. The van der Waals surface area contributed by atoms with Crippen LogP contribution in [0.1, 0.15) is 16.7 Å². The van der Waals surface area contributed by atoms with E-state index < -0.39 is 0 Å². The number of hydrogen-bond acceptors (Lipinski definition) is 4. The molecule has 0 N–H and O–H groups in total. The molecule has 34 heavy (non-hydrogen) atoms. The van der Waals surface area contributed by atoms with Crippen LogP contribution in [-0.4, -0.2) is 34.3 Å². The molecule has 0 spiro atoms. The van der Waals surface area contributed by atoms with E-state index >= 15 is 0 Å². The fourth-order valence-electron chi connectivity index (χ4n) is 4.50. The van der Waals surface area contributed by atoms with Crippen molar-refractivity contribution >= 4 is 31.9 Å². The molecular weight excluding hydrogens is 560 g/mol. The molecule has 0 amide bonds. The van der Waals surface area contributed by atoms with Gasteiger partial charge >= 0.3 is 0 Å². The van der Waals surface area contributed by atoms with Crippen molar-refractivity contribution in [2.75, 3.05) is 6.61 Å².